The maximum Gasteiger partial charge on any atom is 0.0991 e. The van der Waals surface area contributed by atoms with Crippen molar-refractivity contribution in [2.24, 2.45) is 11.8 Å². The summed E-state index contributed by atoms with van der Waals surface area (Å²) in [6.07, 6.45) is 13.3. The molecule has 176 valence electrons. The molecule has 1 N–H and O–H groups in total. The van der Waals surface area contributed by atoms with Crippen LogP contribution in [0, 0.1) is 23.2 Å². The van der Waals surface area contributed by atoms with Crippen molar-refractivity contribution < 1.29 is 9.84 Å². The highest BCUT2D eigenvalue weighted by atomic mass is 16.5. The molecule has 0 bridgehead atoms. The summed E-state index contributed by atoms with van der Waals surface area (Å²) in [5.74, 6) is 1.02. The monoisotopic (exact) mass is 447 g/mol. The van der Waals surface area contributed by atoms with E-state index in [1.807, 2.05) is 12.1 Å². The first kappa shape index (κ1) is 22.7. The van der Waals surface area contributed by atoms with Gasteiger partial charge in [-0.15, -0.1) is 0 Å². The number of rotatable bonds is 7. The van der Waals surface area contributed by atoms with Gasteiger partial charge in [0.2, 0.25) is 0 Å². The second-order valence-corrected chi connectivity index (χ2v) is 10.5. The summed E-state index contributed by atoms with van der Waals surface area (Å²) < 4.78 is 6.60. The van der Waals surface area contributed by atoms with Crippen LogP contribution in [0.5, 0.6) is 0 Å². The molecule has 2 aliphatic heterocycles. The largest absolute Gasteiger partial charge is 0.393 e. The number of hydrogen-bond donors (Lipinski definition) is 1. The third kappa shape index (κ3) is 5.19. The van der Waals surface area contributed by atoms with Gasteiger partial charge in [-0.3, -0.25) is 4.90 Å². The van der Waals surface area contributed by atoms with Gasteiger partial charge in [0.1, 0.15) is 0 Å². The number of nitrogens with zero attached hydrogens (tertiary/aromatic N) is 3. The lowest BCUT2D eigenvalue weighted by Crippen LogP contribution is -2.48. The SMILES string of the molecule is CN1CCCC1C1=CN(CC2C(O)CCC(c3ccc(C#N)cc3)C2OCC2CC2)CC=C1. The zero-order chi connectivity index (χ0) is 22.8. The van der Waals surface area contributed by atoms with Crippen molar-refractivity contribution in [1.29, 1.82) is 5.26 Å². The minimum atomic E-state index is -0.347. The zero-order valence-corrected chi connectivity index (χ0v) is 19.8. The van der Waals surface area contributed by atoms with Crippen LogP contribution < -0.4 is 0 Å². The van der Waals surface area contributed by atoms with E-state index in [9.17, 15) is 10.4 Å². The van der Waals surface area contributed by atoms with E-state index in [4.69, 9.17) is 4.74 Å². The maximum absolute atomic E-state index is 11.1. The van der Waals surface area contributed by atoms with Gasteiger partial charge in [-0.1, -0.05) is 24.3 Å². The van der Waals surface area contributed by atoms with Crippen LogP contribution in [0.1, 0.15) is 55.6 Å². The molecule has 2 saturated carbocycles. The normalized spacial score (nSPS) is 32.6. The Balaban J connectivity index is 1.35. The Morgan fingerprint density at radius 2 is 1.94 bits per heavy atom. The highest BCUT2D eigenvalue weighted by Gasteiger charge is 2.42. The number of likely N-dealkylation sites (N-methyl/N-ethyl adjacent to an activating group) is 1. The van der Waals surface area contributed by atoms with Crippen LogP contribution in [0.15, 0.2) is 48.2 Å². The van der Waals surface area contributed by atoms with E-state index >= 15 is 0 Å². The third-order valence-electron chi connectivity index (χ3n) is 8.11. The van der Waals surface area contributed by atoms with Crippen LogP contribution in [-0.4, -0.2) is 66.4 Å². The molecule has 0 aromatic heterocycles. The van der Waals surface area contributed by atoms with Crippen molar-refractivity contribution >= 4 is 0 Å². The first-order valence-corrected chi connectivity index (χ1v) is 12.7. The molecule has 5 heteroatoms. The summed E-state index contributed by atoms with van der Waals surface area (Å²) in [7, 11) is 2.22. The molecule has 0 radical (unpaired) electrons. The zero-order valence-electron chi connectivity index (χ0n) is 19.8. The molecule has 0 amide bonds. The molecular weight excluding hydrogens is 410 g/mol. The molecule has 0 spiro atoms. The average Bonchev–Trinajstić information content (AvgIpc) is 3.57. The smallest absolute Gasteiger partial charge is 0.0991 e. The van der Waals surface area contributed by atoms with Gasteiger partial charge in [-0.25, -0.2) is 0 Å². The number of aliphatic hydroxyl groups is 1. The van der Waals surface area contributed by atoms with Gasteiger partial charge >= 0.3 is 0 Å². The molecule has 5 rings (SSSR count). The lowest BCUT2D eigenvalue weighted by atomic mass is 9.73. The summed E-state index contributed by atoms with van der Waals surface area (Å²) in [6, 6.07) is 10.7. The molecule has 2 heterocycles. The summed E-state index contributed by atoms with van der Waals surface area (Å²) >= 11 is 0. The summed E-state index contributed by atoms with van der Waals surface area (Å²) in [5, 5.41) is 20.3. The lowest BCUT2D eigenvalue weighted by Gasteiger charge is -2.43. The van der Waals surface area contributed by atoms with Crippen molar-refractivity contribution in [1.82, 2.24) is 9.80 Å². The van der Waals surface area contributed by atoms with E-state index in [0.717, 1.165) is 32.5 Å². The Hall–Kier alpha value is -2.13. The van der Waals surface area contributed by atoms with E-state index < -0.39 is 0 Å². The summed E-state index contributed by atoms with van der Waals surface area (Å²) in [4.78, 5) is 4.85. The molecule has 33 heavy (non-hydrogen) atoms. The summed E-state index contributed by atoms with van der Waals surface area (Å²) in [6.45, 7) is 3.67. The van der Waals surface area contributed by atoms with Gasteiger partial charge in [0.25, 0.3) is 0 Å². The van der Waals surface area contributed by atoms with Crippen LogP contribution in [-0.2, 0) is 4.74 Å². The topological polar surface area (TPSA) is 59.7 Å². The van der Waals surface area contributed by atoms with Crippen molar-refractivity contribution in [3.05, 3.63) is 59.3 Å². The molecular formula is C28H37N3O2. The standard InChI is InChI=1S/C28H37N3O2/c1-30-14-3-5-26(30)23-4-2-15-31(17-23)18-25-27(32)13-12-24(28(25)33-19-21-6-7-21)22-10-8-20(16-29)9-11-22/h2,4,8-11,17,21,24-28,32H,3,5-7,12-15,18-19H2,1H3. The van der Waals surface area contributed by atoms with E-state index in [-0.39, 0.29) is 24.0 Å². The fourth-order valence-electron chi connectivity index (χ4n) is 5.96. The van der Waals surface area contributed by atoms with E-state index in [2.05, 4.69) is 53.4 Å². The lowest BCUT2D eigenvalue weighted by molar-refractivity contribution is -0.0857. The Labute approximate surface area is 198 Å². The number of benzene rings is 1. The highest BCUT2D eigenvalue weighted by Crippen LogP contribution is 2.41. The highest BCUT2D eigenvalue weighted by molar-refractivity contribution is 5.34. The molecule has 5 atom stereocenters. The molecule has 4 aliphatic rings. The minimum Gasteiger partial charge on any atom is -0.393 e. The first-order chi connectivity index (χ1) is 16.1. The predicted octanol–water partition coefficient (Wildman–Crippen LogP) is 4.06. The van der Waals surface area contributed by atoms with E-state index in [1.54, 1.807) is 0 Å². The van der Waals surface area contributed by atoms with Crippen molar-refractivity contribution in [2.75, 3.05) is 33.3 Å². The molecule has 5 nitrogen and oxygen atoms in total. The average molecular weight is 448 g/mol. The molecule has 1 saturated heterocycles. The molecule has 5 unspecified atom stereocenters. The number of nitriles is 1. The summed E-state index contributed by atoms with van der Waals surface area (Å²) in [5.41, 5.74) is 3.32. The maximum atomic E-state index is 11.1. The van der Waals surface area contributed by atoms with Crippen LogP contribution in [0.3, 0.4) is 0 Å². The van der Waals surface area contributed by atoms with Crippen LogP contribution in [0.4, 0.5) is 0 Å². The molecule has 3 fully saturated rings. The quantitative estimate of drug-likeness (QED) is 0.683. The molecule has 2 aliphatic carbocycles. The van der Waals surface area contributed by atoms with E-state index in [1.165, 1.54) is 43.4 Å². The van der Waals surface area contributed by atoms with Crippen molar-refractivity contribution in [3.8, 4) is 6.07 Å². The van der Waals surface area contributed by atoms with Gasteiger partial charge in [0, 0.05) is 43.8 Å². The van der Waals surface area contributed by atoms with Gasteiger partial charge in [0.05, 0.1) is 23.8 Å². The molecule has 1 aromatic rings. The minimum absolute atomic E-state index is 0.000744. The van der Waals surface area contributed by atoms with Gasteiger partial charge in [0.15, 0.2) is 0 Å². The molecule has 1 aromatic carbocycles. The van der Waals surface area contributed by atoms with Crippen LogP contribution in [0.2, 0.25) is 0 Å². The van der Waals surface area contributed by atoms with Crippen molar-refractivity contribution in [3.63, 3.8) is 0 Å². The first-order valence-electron chi connectivity index (χ1n) is 12.7. The number of aliphatic hydroxyl groups excluding tert-OH is 1. The second kappa shape index (κ2) is 10.0. The predicted molar refractivity (Wildman–Crippen MR) is 130 cm³/mol. The number of ether oxygens (including phenoxy) is 1. The van der Waals surface area contributed by atoms with Gasteiger partial charge < -0.3 is 14.7 Å². The Morgan fingerprint density at radius 3 is 2.64 bits per heavy atom. The van der Waals surface area contributed by atoms with Crippen LogP contribution in [0.25, 0.3) is 0 Å². The Kier molecular flexibility index (Phi) is 6.87. The van der Waals surface area contributed by atoms with Crippen molar-refractivity contribution in [2.45, 2.75) is 62.7 Å². The fourth-order valence-corrected chi connectivity index (χ4v) is 5.96. The fraction of sp³-hybridized carbons (Fsp3) is 0.607. The van der Waals surface area contributed by atoms with E-state index in [0.29, 0.717) is 17.5 Å². The number of hydrogen-bond acceptors (Lipinski definition) is 5. The Morgan fingerprint density at radius 1 is 1.12 bits per heavy atom. The third-order valence-corrected chi connectivity index (χ3v) is 8.11. The van der Waals surface area contributed by atoms with Gasteiger partial charge in [-0.05, 0) is 81.3 Å². The second-order valence-electron chi connectivity index (χ2n) is 10.5. The number of likely N-dealkylation sites (tertiary alicyclic amines) is 1. The van der Waals surface area contributed by atoms with Crippen LogP contribution >= 0.6 is 0 Å². The Bertz CT molecular complexity index is 914. The van der Waals surface area contributed by atoms with Gasteiger partial charge in [-0.2, -0.15) is 5.26 Å².